The minimum Gasteiger partial charge on any atom is -0.390 e. The van der Waals surface area contributed by atoms with Gasteiger partial charge in [0, 0.05) is 51.1 Å². The molecule has 7 nitrogen and oxygen atoms in total. The molecular weight excluding hydrogens is 282 g/mol. The highest BCUT2D eigenvalue weighted by molar-refractivity contribution is 5.20. The fraction of sp³-hybridized carbons (Fsp3) is 0.533. The smallest absolute Gasteiger partial charge is 0.267 e. The van der Waals surface area contributed by atoms with Gasteiger partial charge in [0.05, 0.1) is 18.3 Å². The van der Waals surface area contributed by atoms with Gasteiger partial charge in [0.25, 0.3) is 5.56 Å². The summed E-state index contributed by atoms with van der Waals surface area (Å²) in [6.07, 6.45) is 3.87. The van der Waals surface area contributed by atoms with Gasteiger partial charge in [-0.15, -0.1) is 0 Å². The molecule has 2 aromatic rings. The van der Waals surface area contributed by atoms with E-state index in [-0.39, 0.29) is 5.56 Å². The average Bonchev–Trinajstić information content (AvgIpc) is 2.99. The quantitative estimate of drug-likeness (QED) is 0.833. The lowest BCUT2D eigenvalue weighted by atomic mass is 10.1. The van der Waals surface area contributed by atoms with E-state index < -0.39 is 6.10 Å². The summed E-state index contributed by atoms with van der Waals surface area (Å²) < 4.78 is 3.23. The Morgan fingerprint density at radius 2 is 2.27 bits per heavy atom. The van der Waals surface area contributed by atoms with E-state index in [1.54, 1.807) is 16.9 Å². The van der Waals surface area contributed by atoms with Crippen molar-refractivity contribution < 1.29 is 5.11 Å². The molecule has 0 amide bonds. The number of hydrogen-bond donors (Lipinski definition) is 1. The summed E-state index contributed by atoms with van der Waals surface area (Å²) in [5, 5.41) is 18.7. The van der Waals surface area contributed by atoms with Gasteiger partial charge >= 0.3 is 0 Å². The van der Waals surface area contributed by atoms with Crippen molar-refractivity contribution in [2.45, 2.75) is 39.1 Å². The Morgan fingerprint density at radius 3 is 3.00 bits per heavy atom. The third-order valence-corrected chi connectivity index (χ3v) is 3.95. The van der Waals surface area contributed by atoms with E-state index in [2.05, 4.69) is 15.1 Å². The number of aliphatic hydroxyl groups excluding tert-OH is 1. The number of aromatic nitrogens is 4. The predicted octanol–water partition coefficient (Wildman–Crippen LogP) is -0.121. The third kappa shape index (κ3) is 3.26. The predicted molar refractivity (Wildman–Crippen MR) is 81.4 cm³/mol. The number of aliphatic hydroxyl groups is 1. The Labute approximate surface area is 128 Å². The zero-order chi connectivity index (χ0) is 15.5. The number of hydrogen-bond acceptors (Lipinski definition) is 5. The zero-order valence-corrected chi connectivity index (χ0v) is 12.7. The molecule has 118 valence electrons. The molecule has 1 aliphatic rings. The second-order valence-corrected chi connectivity index (χ2v) is 5.64. The standard InChI is InChI=1S/C15H21N5O2/c1-2-20-15(22)8-12-9-18(7-4-14(12)17-20)10-13(21)11-19-6-3-5-16-19/h3,5-6,8,13,21H,2,4,7,9-11H2,1H3/t13-/m0/s1. The summed E-state index contributed by atoms with van der Waals surface area (Å²) >= 11 is 0. The van der Waals surface area contributed by atoms with Gasteiger partial charge in [0.2, 0.25) is 0 Å². The molecule has 0 saturated heterocycles. The van der Waals surface area contributed by atoms with E-state index in [1.807, 2.05) is 19.2 Å². The summed E-state index contributed by atoms with van der Waals surface area (Å²) in [7, 11) is 0. The van der Waals surface area contributed by atoms with E-state index in [4.69, 9.17) is 0 Å². The van der Waals surface area contributed by atoms with Crippen LogP contribution in [0.4, 0.5) is 0 Å². The van der Waals surface area contributed by atoms with Crippen LogP contribution in [0.25, 0.3) is 0 Å². The largest absolute Gasteiger partial charge is 0.390 e. The van der Waals surface area contributed by atoms with Crippen molar-refractivity contribution in [3.63, 3.8) is 0 Å². The molecule has 7 heteroatoms. The second-order valence-electron chi connectivity index (χ2n) is 5.64. The Morgan fingerprint density at radius 1 is 1.41 bits per heavy atom. The molecule has 1 atom stereocenters. The van der Waals surface area contributed by atoms with Crippen molar-refractivity contribution >= 4 is 0 Å². The minimum absolute atomic E-state index is 0.0554. The Kier molecular flexibility index (Phi) is 4.35. The normalized spacial score (nSPS) is 16.5. The molecule has 0 unspecified atom stereocenters. The van der Waals surface area contributed by atoms with Gasteiger partial charge in [-0.3, -0.25) is 14.4 Å². The molecule has 3 heterocycles. The van der Waals surface area contributed by atoms with Gasteiger partial charge in [-0.2, -0.15) is 10.2 Å². The van der Waals surface area contributed by atoms with Gasteiger partial charge in [0.1, 0.15) is 0 Å². The van der Waals surface area contributed by atoms with E-state index in [0.717, 1.165) is 24.2 Å². The van der Waals surface area contributed by atoms with Crippen molar-refractivity contribution in [1.82, 2.24) is 24.5 Å². The van der Waals surface area contributed by atoms with Crippen molar-refractivity contribution in [2.75, 3.05) is 13.1 Å². The van der Waals surface area contributed by atoms with Crippen LogP contribution in [0, 0.1) is 0 Å². The molecule has 1 aliphatic heterocycles. The van der Waals surface area contributed by atoms with Gasteiger partial charge in [-0.1, -0.05) is 0 Å². The molecule has 0 aromatic carbocycles. The molecule has 0 bridgehead atoms. The monoisotopic (exact) mass is 303 g/mol. The summed E-state index contributed by atoms with van der Waals surface area (Å²) in [4.78, 5) is 14.0. The Hall–Kier alpha value is -1.99. The minimum atomic E-state index is -0.481. The molecule has 2 aromatic heterocycles. The van der Waals surface area contributed by atoms with Crippen LogP contribution < -0.4 is 5.56 Å². The van der Waals surface area contributed by atoms with Crippen LogP contribution in [-0.2, 0) is 26.1 Å². The third-order valence-electron chi connectivity index (χ3n) is 3.95. The van der Waals surface area contributed by atoms with Crippen LogP contribution in [0.2, 0.25) is 0 Å². The molecule has 22 heavy (non-hydrogen) atoms. The molecule has 0 saturated carbocycles. The van der Waals surface area contributed by atoms with Crippen LogP contribution in [0.1, 0.15) is 18.2 Å². The van der Waals surface area contributed by atoms with E-state index in [9.17, 15) is 9.90 Å². The Bertz CT molecular complexity index is 680. The summed E-state index contributed by atoms with van der Waals surface area (Å²) in [6, 6.07) is 3.52. The first kappa shape index (κ1) is 14.9. The highest BCUT2D eigenvalue weighted by atomic mass is 16.3. The number of β-amino-alcohol motifs (C(OH)–C–C–N with tert-alkyl or cyclic N) is 1. The average molecular weight is 303 g/mol. The lowest BCUT2D eigenvalue weighted by Crippen LogP contribution is -2.40. The molecule has 1 N–H and O–H groups in total. The van der Waals surface area contributed by atoms with Crippen LogP contribution in [0.3, 0.4) is 0 Å². The van der Waals surface area contributed by atoms with E-state index in [0.29, 0.717) is 26.2 Å². The SMILES string of the molecule is CCn1nc2c(cc1=O)CN(C[C@H](O)Cn1cccn1)CC2. The molecular formula is C15H21N5O2. The maximum Gasteiger partial charge on any atom is 0.267 e. The van der Waals surface area contributed by atoms with Crippen molar-refractivity contribution in [2.24, 2.45) is 0 Å². The maximum absolute atomic E-state index is 11.9. The number of fused-ring (bicyclic) bond motifs is 1. The zero-order valence-electron chi connectivity index (χ0n) is 12.7. The maximum atomic E-state index is 11.9. The van der Waals surface area contributed by atoms with Gasteiger partial charge < -0.3 is 5.11 Å². The molecule has 0 fully saturated rings. The van der Waals surface area contributed by atoms with Crippen molar-refractivity contribution in [1.29, 1.82) is 0 Å². The second kappa shape index (κ2) is 6.41. The fourth-order valence-corrected chi connectivity index (χ4v) is 2.86. The first-order valence-electron chi connectivity index (χ1n) is 7.63. The molecule has 0 aliphatic carbocycles. The first-order chi connectivity index (χ1) is 10.7. The van der Waals surface area contributed by atoms with Gasteiger partial charge in [-0.05, 0) is 18.6 Å². The summed E-state index contributed by atoms with van der Waals surface area (Å²) in [5.41, 5.74) is 1.92. The van der Waals surface area contributed by atoms with Crippen molar-refractivity contribution in [3.8, 4) is 0 Å². The van der Waals surface area contributed by atoms with E-state index >= 15 is 0 Å². The first-order valence-corrected chi connectivity index (χ1v) is 7.63. The van der Waals surface area contributed by atoms with Crippen LogP contribution in [-0.4, -0.2) is 48.8 Å². The molecule has 0 radical (unpaired) electrons. The van der Waals surface area contributed by atoms with Crippen LogP contribution in [0.5, 0.6) is 0 Å². The topological polar surface area (TPSA) is 76.2 Å². The van der Waals surface area contributed by atoms with Crippen LogP contribution >= 0.6 is 0 Å². The van der Waals surface area contributed by atoms with E-state index in [1.165, 1.54) is 4.68 Å². The highest BCUT2D eigenvalue weighted by Gasteiger charge is 2.21. The summed E-state index contributed by atoms with van der Waals surface area (Å²) in [5.74, 6) is 0. The number of nitrogens with zero attached hydrogens (tertiary/aromatic N) is 5. The van der Waals surface area contributed by atoms with Gasteiger partial charge in [0.15, 0.2) is 0 Å². The van der Waals surface area contributed by atoms with Crippen molar-refractivity contribution in [3.05, 3.63) is 46.1 Å². The lowest BCUT2D eigenvalue weighted by Gasteiger charge is -2.29. The number of aryl methyl sites for hydroxylation is 1. The molecule has 3 rings (SSSR count). The number of rotatable bonds is 5. The summed E-state index contributed by atoms with van der Waals surface area (Å²) in [6.45, 7) is 5.07. The fourth-order valence-electron chi connectivity index (χ4n) is 2.86. The lowest BCUT2D eigenvalue weighted by molar-refractivity contribution is 0.0882. The van der Waals surface area contributed by atoms with Crippen LogP contribution in [0.15, 0.2) is 29.3 Å². The van der Waals surface area contributed by atoms with Gasteiger partial charge in [-0.25, -0.2) is 4.68 Å². The molecule has 0 spiro atoms. The Balaban J connectivity index is 1.64. The highest BCUT2D eigenvalue weighted by Crippen LogP contribution is 2.15.